The molecular formula is C12H10N2O3. The lowest BCUT2D eigenvalue weighted by Crippen LogP contribution is -2.00. The van der Waals surface area contributed by atoms with Crippen molar-refractivity contribution in [2.75, 3.05) is 7.11 Å². The highest BCUT2D eigenvalue weighted by molar-refractivity contribution is 5.87. The molecule has 0 spiro atoms. The third-order valence-electron chi connectivity index (χ3n) is 2.04. The van der Waals surface area contributed by atoms with Crippen LogP contribution in [0.1, 0.15) is 21.9 Å². The Kier molecular flexibility index (Phi) is 3.30. The van der Waals surface area contributed by atoms with E-state index < -0.39 is 5.97 Å². The van der Waals surface area contributed by atoms with Crippen LogP contribution in [0.3, 0.4) is 0 Å². The minimum atomic E-state index is -0.516. The van der Waals surface area contributed by atoms with Gasteiger partial charge in [0.2, 0.25) is 5.89 Å². The van der Waals surface area contributed by atoms with E-state index in [1.165, 1.54) is 13.4 Å². The van der Waals surface area contributed by atoms with Crippen LogP contribution in [0.15, 0.2) is 35.2 Å². The monoisotopic (exact) mass is 230 g/mol. The maximum atomic E-state index is 11.1. The van der Waals surface area contributed by atoms with Gasteiger partial charge in [-0.25, -0.2) is 9.78 Å². The number of rotatable bonds is 3. The Morgan fingerprint density at radius 1 is 1.35 bits per heavy atom. The molecule has 0 aliphatic carbocycles. The molecule has 0 atom stereocenters. The Labute approximate surface area is 97.8 Å². The van der Waals surface area contributed by atoms with Crippen LogP contribution in [0.25, 0.3) is 12.2 Å². The van der Waals surface area contributed by atoms with Gasteiger partial charge < -0.3 is 9.15 Å². The molecule has 2 aromatic heterocycles. The molecule has 0 saturated heterocycles. The smallest absolute Gasteiger partial charge is 0.360 e. The number of carbonyl (C=O) groups excluding carboxylic acids is 1. The van der Waals surface area contributed by atoms with E-state index in [1.54, 1.807) is 18.5 Å². The molecule has 0 unspecified atom stereocenters. The molecule has 0 radical (unpaired) electrons. The van der Waals surface area contributed by atoms with E-state index in [1.807, 2.05) is 18.2 Å². The zero-order chi connectivity index (χ0) is 12.1. The molecule has 0 aliphatic rings. The standard InChI is InChI=1S/C12H10N2O3/c1-16-12(15)10-8-17-11(14-10)3-2-9-4-6-13-7-5-9/h2-8H,1H3. The summed E-state index contributed by atoms with van der Waals surface area (Å²) in [6.45, 7) is 0. The van der Waals surface area contributed by atoms with Crippen molar-refractivity contribution in [3.05, 3.63) is 47.9 Å². The first-order valence-corrected chi connectivity index (χ1v) is 4.91. The van der Waals surface area contributed by atoms with Crippen molar-refractivity contribution in [2.45, 2.75) is 0 Å². The highest BCUT2D eigenvalue weighted by Gasteiger charge is 2.10. The lowest BCUT2D eigenvalue weighted by Gasteiger charge is -1.89. The summed E-state index contributed by atoms with van der Waals surface area (Å²) >= 11 is 0. The van der Waals surface area contributed by atoms with Crippen molar-refractivity contribution < 1.29 is 13.9 Å². The summed E-state index contributed by atoms with van der Waals surface area (Å²) in [6, 6.07) is 3.70. The van der Waals surface area contributed by atoms with Crippen molar-refractivity contribution in [1.82, 2.24) is 9.97 Å². The molecule has 5 heteroatoms. The van der Waals surface area contributed by atoms with Crippen LogP contribution in [-0.4, -0.2) is 23.0 Å². The number of esters is 1. The molecule has 0 fully saturated rings. The van der Waals surface area contributed by atoms with Crippen molar-refractivity contribution in [2.24, 2.45) is 0 Å². The minimum absolute atomic E-state index is 0.155. The first-order valence-electron chi connectivity index (χ1n) is 4.91. The number of aromatic nitrogens is 2. The van der Waals surface area contributed by atoms with E-state index in [2.05, 4.69) is 14.7 Å². The number of methoxy groups -OCH3 is 1. The molecule has 2 aromatic rings. The van der Waals surface area contributed by atoms with Crippen LogP contribution in [0.4, 0.5) is 0 Å². The van der Waals surface area contributed by atoms with Crippen LogP contribution < -0.4 is 0 Å². The van der Waals surface area contributed by atoms with Crippen molar-refractivity contribution in [3.63, 3.8) is 0 Å². The van der Waals surface area contributed by atoms with Crippen molar-refractivity contribution in [3.8, 4) is 0 Å². The third-order valence-corrected chi connectivity index (χ3v) is 2.04. The molecule has 2 rings (SSSR count). The molecule has 0 aromatic carbocycles. The average molecular weight is 230 g/mol. The number of hydrogen-bond donors (Lipinski definition) is 0. The van der Waals surface area contributed by atoms with Gasteiger partial charge in [-0.2, -0.15) is 0 Å². The molecule has 0 amide bonds. The first-order chi connectivity index (χ1) is 8.29. The predicted octanol–water partition coefficient (Wildman–Crippen LogP) is 2.03. The van der Waals surface area contributed by atoms with Gasteiger partial charge in [-0.15, -0.1) is 0 Å². The van der Waals surface area contributed by atoms with E-state index in [-0.39, 0.29) is 5.69 Å². The summed E-state index contributed by atoms with van der Waals surface area (Å²) in [5, 5.41) is 0. The number of nitrogens with zero attached hydrogens (tertiary/aromatic N) is 2. The van der Waals surface area contributed by atoms with Gasteiger partial charge in [-0.1, -0.05) is 0 Å². The topological polar surface area (TPSA) is 65.2 Å². The van der Waals surface area contributed by atoms with E-state index in [0.717, 1.165) is 5.56 Å². The Hall–Kier alpha value is -2.43. The zero-order valence-corrected chi connectivity index (χ0v) is 9.16. The molecule has 0 saturated carbocycles. The summed E-state index contributed by atoms with van der Waals surface area (Å²) in [6.07, 6.45) is 8.12. The van der Waals surface area contributed by atoms with Crippen LogP contribution in [0.2, 0.25) is 0 Å². The number of oxazole rings is 1. The fourth-order valence-corrected chi connectivity index (χ4v) is 1.20. The lowest BCUT2D eigenvalue weighted by molar-refractivity contribution is 0.0594. The summed E-state index contributed by atoms with van der Waals surface area (Å²) in [5.74, 6) is -0.167. The van der Waals surface area contributed by atoms with Gasteiger partial charge in [0.05, 0.1) is 7.11 Å². The van der Waals surface area contributed by atoms with Crippen molar-refractivity contribution >= 4 is 18.1 Å². The highest BCUT2D eigenvalue weighted by Crippen LogP contribution is 2.08. The average Bonchev–Trinajstić information content (AvgIpc) is 2.85. The molecule has 17 heavy (non-hydrogen) atoms. The highest BCUT2D eigenvalue weighted by atomic mass is 16.5. The maximum absolute atomic E-state index is 11.1. The maximum Gasteiger partial charge on any atom is 0.360 e. The largest absolute Gasteiger partial charge is 0.464 e. The summed E-state index contributed by atoms with van der Waals surface area (Å²) < 4.78 is 9.61. The van der Waals surface area contributed by atoms with E-state index in [0.29, 0.717) is 5.89 Å². The van der Waals surface area contributed by atoms with Gasteiger partial charge >= 0.3 is 5.97 Å². The first kappa shape index (κ1) is 11.1. The second kappa shape index (κ2) is 5.07. The van der Waals surface area contributed by atoms with E-state index in [9.17, 15) is 4.79 Å². The summed E-state index contributed by atoms with van der Waals surface area (Å²) in [5.41, 5.74) is 1.12. The van der Waals surface area contributed by atoms with Gasteiger partial charge in [0.1, 0.15) is 6.26 Å². The number of carbonyl (C=O) groups is 1. The second-order valence-corrected chi connectivity index (χ2v) is 3.18. The normalized spacial score (nSPS) is 10.6. The predicted molar refractivity (Wildman–Crippen MR) is 61.0 cm³/mol. The molecule has 5 nitrogen and oxygen atoms in total. The third kappa shape index (κ3) is 2.78. The van der Waals surface area contributed by atoms with Crippen molar-refractivity contribution in [1.29, 1.82) is 0 Å². The van der Waals surface area contributed by atoms with Gasteiger partial charge in [-0.05, 0) is 23.8 Å². The second-order valence-electron chi connectivity index (χ2n) is 3.18. The van der Waals surface area contributed by atoms with Crippen LogP contribution in [-0.2, 0) is 4.74 Å². The van der Waals surface area contributed by atoms with E-state index in [4.69, 9.17) is 4.42 Å². The fraction of sp³-hybridized carbons (Fsp3) is 0.0833. The Balaban J connectivity index is 2.12. The Morgan fingerprint density at radius 3 is 2.82 bits per heavy atom. The number of pyridine rings is 1. The number of ether oxygens (including phenoxy) is 1. The molecule has 0 bridgehead atoms. The Bertz CT molecular complexity index is 532. The lowest BCUT2D eigenvalue weighted by atomic mass is 10.2. The molecular weight excluding hydrogens is 220 g/mol. The SMILES string of the molecule is COC(=O)c1coc(C=Cc2ccncc2)n1. The van der Waals surface area contributed by atoms with Gasteiger partial charge in [0.15, 0.2) is 5.69 Å². The minimum Gasteiger partial charge on any atom is -0.464 e. The summed E-state index contributed by atoms with van der Waals surface area (Å²) in [7, 11) is 1.30. The van der Waals surface area contributed by atoms with Crippen LogP contribution in [0, 0.1) is 0 Å². The summed E-state index contributed by atoms with van der Waals surface area (Å²) in [4.78, 5) is 19.0. The van der Waals surface area contributed by atoms with Crippen LogP contribution >= 0.6 is 0 Å². The fourth-order valence-electron chi connectivity index (χ4n) is 1.20. The molecule has 0 aliphatic heterocycles. The zero-order valence-electron chi connectivity index (χ0n) is 9.16. The van der Waals surface area contributed by atoms with Crippen LogP contribution in [0.5, 0.6) is 0 Å². The number of hydrogen-bond acceptors (Lipinski definition) is 5. The van der Waals surface area contributed by atoms with Gasteiger partial charge in [-0.3, -0.25) is 4.98 Å². The van der Waals surface area contributed by atoms with E-state index >= 15 is 0 Å². The molecule has 0 N–H and O–H groups in total. The van der Waals surface area contributed by atoms with Gasteiger partial charge in [0.25, 0.3) is 0 Å². The molecule has 86 valence electrons. The van der Waals surface area contributed by atoms with Gasteiger partial charge in [0, 0.05) is 18.5 Å². The Morgan fingerprint density at radius 2 is 2.12 bits per heavy atom. The quantitative estimate of drug-likeness (QED) is 0.755. The molecule has 2 heterocycles.